The summed E-state index contributed by atoms with van der Waals surface area (Å²) in [4.78, 5) is 10.6. The minimum atomic E-state index is -0.237. The highest BCUT2D eigenvalue weighted by Crippen LogP contribution is 2.29. The first-order valence-corrected chi connectivity index (χ1v) is 5.17. The lowest BCUT2D eigenvalue weighted by molar-refractivity contribution is -0.140. The van der Waals surface area contributed by atoms with Gasteiger partial charge in [0.15, 0.2) is 0 Å². The Hall–Kier alpha value is -0.790. The van der Waals surface area contributed by atoms with Crippen molar-refractivity contribution >= 4 is 5.97 Å². The molecule has 2 nitrogen and oxygen atoms in total. The van der Waals surface area contributed by atoms with E-state index in [1.165, 1.54) is 19.8 Å². The fourth-order valence-electron chi connectivity index (χ4n) is 1.70. The third kappa shape index (κ3) is 6.70. The summed E-state index contributed by atoms with van der Waals surface area (Å²) in [7, 11) is 0. The van der Waals surface area contributed by atoms with E-state index in [-0.39, 0.29) is 11.4 Å². The summed E-state index contributed by atoms with van der Waals surface area (Å²) in [6, 6.07) is 0. The largest absolute Gasteiger partial charge is 0.461 e. The predicted octanol–water partition coefficient (Wildman–Crippen LogP) is 3.32. The molecule has 0 spiro atoms. The van der Waals surface area contributed by atoms with E-state index in [2.05, 4.69) is 27.4 Å². The maximum absolute atomic E-state index is 10.6. The molecule has 0 aliphatic carbocycles. The van der Waals surface area contributed by atoms with E-state index >= 15 is 0 Å². The summed E-state index contributed by atoms with van der Waals surface area (Å²) in [5, 5.41) is 0. The lowest BCUT2D eigenvalue weighted by Gasteiger charge is -2.24. The maximum atomic E-state index is 10.6. The Balaban J connectivity index is 3.86. The number of carbonyl (C=O) groups is 1. The molecule has 0 amide bonds. The summed E-state index contributed by atoms with van der Waals surface area (Å²) in [6.45, 7) is 12.3. The molecule has 0 aliphatic heterocycles. The van der Waals surface area contributed by atoms with Gasteiger partial charge in [-0.3, -0.25) is 4.79 Å². The molecular weight excluding hydrogens is 176 g/mol. The fraction of sp³-hybridized carbons (Fsp3) is 0.750. The van der Waals surface area contributed by atoms with Gasteiger partial charge in [0, 0.05) is 6.92 Å². The zero-order valence-corrected chi connectivity index (χ0v) is 9.85. The van der Waals surface area contributed by atoms with Crippen molar-refractivity contribution in [2.45, 2.75) is 47.0 Å². The van der Waals surface area contributed by atoms with Gasteiger partial charge in [0.25, 0.3) is 0 Å². The molecule has 0 atom stereocenters. The third-order valence-electron chi connectivity index (χ3n) is 2.13. The van der Waals surface area contributed by atoms with Crippen LogP contribution in [0, 0.1) is 5.41 Å². The van der Waals surface area contributed by atoms with Crippen LogP contribution in [0.1, 0.15) is 47.0 Å². The molecule has 0 unspecified atom stereocenters. The van der Waals surface area contributed by atoms with Crippen molar-refractivity contribution < 1.29 is 9.53 Å². The second kappa shape index (κ2) is 5.84. The van der Waals surface area contributed by atoms with Crippen molar-refractivity contribution in [3.63, 3.8) is 0 Å². The van der Waals surface area contributed by atoms with E-state index in [4.69, 9.17) is 4.74 Å². The maximum Gasteiger partial charge on any atom is 0.302 e. The van der Waals surface area contributed by atoms with E-state index < -0.39 is 0 Å². The lowest BCUT2D eigenvalue weighted by Crippen LogP contribution is -2.14. The van der Waals surface area contributed by atoms with E-state index in [0.29, 0.717) is 6.61 Å². The van der Waals surface area contributed by atoms with Crippen molar-refractivity contribution in [2.75, 3.05) is 6.61 Å². The van der Waals surface area contributed by atoms with Crippen molar-refractivity contribution in [1.29, 1.82) is 0 Å². The first-order chi connectivity index (χ1) is 6.37. The molecule has 0 bridgehead atoms. The van der Waals surface area contributed by atoms with Crippen LogP contribution in [-0.2, 0) is 9.53 Å². The van der Waals surface area contributed by atoms with Gasteiger partial charge >= 0.3 is 5.97 Å². The molecule has 0 saturated heterocycles. The fourth-order valence-corrected chi connectivity index (χ4v) is 1.70. The minimum absolute atomic E-state index is 0.237. The van der Waals surface area contributed by atoms with Gasteiger partial charge in [-0.25, -0.2) is 0 Å². The third-order valence-corrected chi connectivity index (χ3v) is 2.13. The van der Waals surface area contributed by atoms with Gasteiger partial charge in [-0.2, -0.15) is 0 Å². The summed E-state index contributed by atoms with van der Waals surface area (Å²) in [5.74, 6) is -0.237. The Morgan fingerprint density at radius 3 is 2.43 bits per heavy atom. The average molecular weight is 198 g/mol. The Morgan fingerprint density at radius 2 is 2.00 bits per heavy atom. The number of esters is 1. The minimum Gasteiger partial charge on any atom is -0.461 e. The molecule has 0 aromatic heterocycles. The van der Waals surface area contributed by atoms with Crippen LogP contribution in [0.4, 0.5) is 0 Å². The first kappa shape index (κ1) is 13.2. The smallest absolute Gasteiger partial charge is 0.302 e. The Labute approximate surface area is 87.3 Å². The number of hydrogen-bond acceptors (Lipinski definition) is 2. The number of carbonyl (C=O) groups excluding carboxylic acids is 1. The van der Waals surface area contributed by atoms with Crippen molar-refractivity contribution in [1.82, 2.24) is 0 Å². The predicted molar refractivity (Wildman–Crippen MR) is 59.1 cm³/mol. The highest BCUT2D eigenvalue weighted by atomic mass is 16.5. The molecule has 82 valence electrons. The van der Waals surface area contributed by atoms with Crippen LogP contribution in [-0.4, -0.2) is 12.6 Å². The summed E-state index contributed by atoms with van der Waals surface area (Å²) in [6.07, 6.45) is 3.27. The van der Waals surface area contributed by atoms with Crippen LogP contribution in [0.5, 0.6) is 0 Å². The SMILES string of the molecule is C=C(COC(C)=O)CC(C)(C)CCC. The molecule has 0 fully saturated rings. The van der Waals surface area contributed by atoms with Gasteiger partial charge in [0.1, 0.15) is 6.61 Å². The van der Waals surface area contributed by atoms with Crippen LogP contribution >= 0.6 is 0 Å². The molecule has 0 aromatic rings. The number of hydrogen-bond donors (Lipinski definition) is 0. The molecular formula is C12H22O2. The average Bonchev–Trinajstić information content (AvgIpc) is 1.99. The summed E-state index contributed by atoms with van der Waals surface area (Å²) in [5.41, 5.74) is 1.27. The lowest BCUT2D eigenvalue weighted by atomic mass is 9.82. The molecule has 2 heteroatoms. The summed E-state index contributed by atoms with van der Waals surface area (Å²) < 4.78 is 4.89. The molecule has 0 saturated carbocycles. The summed E-state index contributed by atoms with van der Waals surface area (Å²) >= 11 is 0. The number of ether oxygens (including phenoxy) is 1. The molecule has 14 heavy (non-hydrogen) atoms. The van der Waals surface area contributed by atoms with Gasteiger partial charge in [-0.1, -0.05) is 33.8 Å². The van der Waals surface area contributed by atoms with Crippen LogP contribution in [0.3, 0.4) is 0 Å². The standard InChI is InChI=1S/C12H22O2/c1-6-7-12(4,5)8-10(2)9-14-11(3)13/h2,6-9H2,1,3-5H3. The molecule has 0 radical (unpaired) electrons. The molecule has 0 rings (SSSR count). The Morgan fingerprint density at radius 1 is 1.43 bits per heavy atom. The second-order valence-corrected chi connectivity index (χ2v) is 4.62. The van der Waals surface area contributed by atoms with Crippen LogP contribution in [0.2, 0.25) is 0 Å². The monoisotopic (exact) mass is 198 g/mol. The van der Waals surface area contributed by atoms with Gasteiger partial charge < -0.3 is 4.74 Å². The van der Waals surface area contributed by atoms with E-state index in [1.807, 2.05) is 0 Å². The Bertz CT molecular complexity index is 204. The second-order valence-electron chi connectivity index (χ2n) is 4.62. The highest BCUT2D eigenvalue weighted by molar-refractivity contribution is 5.66. The first-order valence-electron chi connectivity index (χ1n) is 5.17. The zero-order chi connectivity index (χ0) is 11.2. The zero-order valence-electron chi connectivity index (χ0n) is 9.85. The van der Waals surface area contributed by atoms with Crippen molar-refractivity contribution in [3.8, 4) is 0 Å². The van der Waals surface area contributed by atoms with E-state index in [1.54, 1.807) is 0 Å². The molecule has 0 N–H and O–H groups in total. The van der Waals surface area contributed by atoms with E-state index in [0.717, 1.165) is 12.0 Å². The van der Waals surface area contributed by atoms with Gasteiger partial charge in [0.05, 0.1) is 0 Å². The van der Waals surface area contributed by atoms with Crippen LogP contribution < -0.4 is 0 Å². The molecule has 0 heterocycles. The van der Waals surface area contributed by atoms with Crippen LogP contribution in [0.15, 0.2) is 12.2 Å². The van der Waals surface area contributed by atoms with Gasteiger partial charge in [-0.05, 0) is 23.8 Å². The topological polar surface area (TPSA) is 26.3 Å². The highest BCUT2D eigenvalue weighted by Gasteiger charge is 2.17. The van der Waals surface area contributed by atoms with Gasteiger partial charge in [-0.15, -0.1) is 0 Å². The van der Waals surface area contributed by atoms with Crippen LogP contribution in [0.25, 0.3) is 0 Å². The quantitative estimate of drug-likeness (QED) is 0.483. The van der Waals surface area contributed by atoms with Gasteiger partial charge in [0.2, 0.25) is 0 Å². The number of rotatable bonds is 6. The molecule has 0 aliphatic rings. The molecule has 0 aromatic carbocycles. The van der Waals surface area contributed by atoms with E-state index in [9.17, 15) is 4.79 Å². The Kier molecular flexibility index (Phi) is 5.51. The normalized spacial score (nSPS) is 11.1. The van der Waals surface area contributed by atoms with Crippen molar-refractivity contribution in [2.24, 2.45) is 5.41 Å². The van der Waals surface area contributed by atoms with Crippen molar-refractivity contribution in [3.05, 3.63) is 12.2 Å².